The molecule has 1 unspecified atom stereocenters. The fourth-order valence-electron chi connectivity index (χ4n) is 4.15. The van der Waals surface area contributed by atoms with Gasteiger partial charge in [-0.15, -0.1) is 0 Å². The van der Waals surface area contributed by atoms with Gasteiger partial charge in [0.1, 0.15) is 5.82 Å². The van der Waals surface area contributed by atoms with Crippen LogP contribution in [0.5, 0.6) is 0 Å². The van der Waals surface area contributed by atoms with Crippen molar-refractivity contribution >= 4 is 22.8 Å². The van der Waals surface area contributed by atoms with Gasteiger partial charge in [0.05, 0.1) is 22.9 Å². The van der Waals surface area contributed by atoms with E-state index in [-0.39, 0.29) is 30.2 Å². The Labute approximate surface area is 178 Å². The standard InChI is InChI=1S/C21H17F6N5/c22-20(23,24)12-10-31(11-12)19-29-17-14(5-3-8-28-17)18(30-19)32-9-7-16(32)13-4-1-2-6-15(13)21(25,26)27/h1-6,8,12,16H,7,9-11H2. The lowest BCUT2D eigenvalue weighted by Gasteiger charge is -2.44. The van der Waals surface area contributed by atoms with Gasteiger partial charge in [-0.2, -0.15) is 36.3 Å². The zero-order chi connectivity index (χ0) is 22.7. The molecule has 0 aliphatic carbocycles. The zero-order valence-electron chi connectivity index (χ0n) is 16.5. The number of anilines is 2. The highest BCUT2D eigenvalue weighted by molar-refractivity contribution is 5.88. The van der Waals surface area contributed by atoms with Crippen molar-refractivity contribution in [3.8, 4) is 0 Å². The third-order valence-corrected chi connectivity index (χ3v) is 5.98. The van der Waals surface area contributed by atoms with Gasteiger partial charge in [0.15, 0.2) is 5.65 Å². The van der Waals surface area contributed by atoms with Gasteiger partial charge < -0.3 is 9.80 Å². The smallest absolute Gasteiger partial charge is 0.349 e. The molecule has 0 saturated carbocycles. The molecule has 2 aliphatic heterocycles. The monoisotopic (exact) mass is 453 g/mol. The Kier molecular flexibility index (Phi) is 4.68. The van der Waals surface area contributed by atoms with E-state index in [1.807, 2.05) is 0 Å². The molecule has 11 heteroatoms. The lowest BCUT2D eigenvalue weighted by Crippen LogP contribution is -2.54. The maximum Gasteiger partial charge on any atom is 0.416 e. The molecule has 0 bridgehead atoms. The highest BCUT2D eigenvalue weighted by Gasteiger charge is 2.48. The molecule has 2 aromatic heterocycles. The number of halogens is 6. The van der Waals surface area contributed by atoms with Crippen LogP contribution >= 0.6 is 0 Å². The Hall–Kier alpha value is -3.11. The lowest BCUT2D eigenvalue weighted by atomic mass is 9.90. The van der Waals surface area contributed by atoms with E-state index in [0.29, 0.717) is 24.2 Å². The van der Waals surface area contributed by atoms with Gasteiger partial charge in [-0.3, -0.25) is 0 Å². The van der Waals surface area contributed by atoms with Crippen molar-refractivity contribution < 1.29 is 26.3 Å². The number of fused-ring (bicyclic) bond motifs is 1. The Bertz CT molecular complexity index is 1160. The molecule has 0 spiro atoms. The SMILES string of the molecule is FC(F)(F)c1ccccc1C1CCN1c1nc(N2CC(C(F)(F)F)C2)nc2ncccc12. The minimum atomic E-state index is -4.50. The highest BCUT2D eigenvalue weighted by Crippen LogP contribution is 2.45. The number of rotatable bonds is 3. The van der Waals surface area contributed by atoms with Gasteiger partial charge >= 0.3 is 12.4 Å². The molecule has 0 amide bonds. The van der Waals surface area contributed by atoms with Crippen LogP contribution in [-0.2, 0) is 6.18 Å². The molecule has 168 valence electrons. The number of hydrogen-bond donors (Lipinski definition) is 0. The van der Waals surface area contributed by atoms with Crippen molar-refractivity contribution in [2.75, 3.05) is 29.4 Å². The van der Waals surface area contributed by atoms with E-state index in [9.17, 15) is 26.3 Å². The van der Waals surface area contributed by atoms with Gasteiger partial charge in [-0.25, -0.2) is 4.98 Å². The van der Waals surface area contributed by atoms with E-state index >= 15 is 0 Å². The first-order chi connectivity index (χ1) is 15.1. The van der Waals surface area contributed by atoms with Crippen molar-refractivity contribution in [3.63, 3.8) is 0 Å². The number of benzene rings is 1. The molecule has 0 radical (unpaired) electrons. The number of alkyl halides is 6. The second kappa shape index (κ2) is 7.21. The number of pyridine rings is 1. The van der Waals surface area contributed by atoms with Crippen molar-refractivity contribution in [1.29, 1.82) is 0 Å². The molecule has 1 aromatic carbocycles. The third kappa shape index (κ3) is 3.49. The van der Waals surface area contributed by atoms with Gasteiger partial charge in [0, 0.05) is 25.8 Å². The summed E-state index contributed by atoms with van der Waals surface area (Å²) in [4.78, 5) is 16.1. The summed E-state index contributed by atoms with van der Waals surface area (Å²) in [5, 5.41) is 0.540. The Morgan fingerprint density at radius 1 is 0.906 bits per heavy atom. The molecule has 4 heterocycles. The van der Waals surface area contributed by atoms with E-state index in [4.69, 9.17) is 0 Å². The summed E-state index contributed by atoms with van der Waals surface area (Å²) in [7, 11) is 0. The van der Waals surface area contributed by atoms with Crippen LogP contribution in [-0.4, -0.2) is 40.8 Å². The molecule has 2 fully saturated rings. The molecular formula is C21H17F6N5. The Morgan fingerprint density at radius 3 is 2.31 bits per heavy atom. The predicted molar refractivity (Wildman–Crippen MR) is 105 cm³/mol. The summed E-state index contributed by atoms with van der Waals surface area (Å²) >= 11 is 0. The molecule has 3 aromatic rings. The summed E-state index contributed by atoms with van der Waals surface area (Å²) in [5.74, 6) is -0.979. The van der Waals surface area contributed by atoms with E-state index in [1.54, 1.807) is 23.1 Å². The van der Waals surface area contributed by atoms with E-state index in [2.05, 4.69) is 15.0 Å². The van der Waals surface area contributed by atoms with E-state index < -0.39 is 29.9 Å². The maximum absolute atomic E-state index is 13.6. The van der Waals surface area contributed by atoms with Crippen LogP contribution in [0.15, 0.2) is 42.6 Å². The van der Waals surface area contributed by atoms with Crippen LogP contribution in [0.4, 0.5) is 38.1 Å². The highest BCUT2D eigenvalue weighted by atomic mass is 19.4. The number of hydrogen-bond acceptors (Lipinski definition) is 5. The minimum Gasteiger partial charge on any atom is -0.349 e. The number of nitrogens with zero attached hydrogens (tertiary/aromatic N) is 5. The molecule has 0 N–H and O–H groups in total. The fourth-order valence-corrected chi connectivity index (χ4v) is 4.15. The van der Waals surface area contributed by atoms with Crippen LogP contribution in [0.25, 0.3) is 11.0 Å². The minimum absolute atomic E-state index is 0.0986. The molecule has 5 rings (SSSR count). The first-order valence-corrected chi connectivity index (χ1v) is 10.00. The zero-order valence-corrected chi connectivity index (χ0v) is 16.5. The normalized spacial score (nSPS) is 19.8. The predicted octanol–water partition coefficient (Wildman–Crippen LogP) is 4.99. The second-order valence-corrected chi connectivity index (χ2v) is 7.95. The van der Waals surface area contributed by atoms with Crippen molar-refractivity contribution in [1.82, 2.24) is 15.0 Å². The van der Waals surface area contributed by atoms with Gasteiger partial charge in [0.2, 0.25) is 5.95 Å². The van der Waals surface area contributed by atoms with Crippen LogP contribution < -0.4 is 9.80 Å². The first-order valence-electron chi connectivity index (χ1n) is 10.00. The summed E-state index contributed by atoms with van der Waals surface area (Å²) in [5.41, 5.74) is -0.274. The van der Waals surface area contributed by atoms with Crippen LogP contribution in [0, 0.1) is 5.92 Å². The van der Waals surface area contributed by atoms with E-state index in [0.717, 1.165) is 6.07 Å². The van der Waals surface area contributed by atoms with E-state index in [1.165, 1.54) is 23.2 Å². The largest absolute Gasteiger partial charge is 0.416 e. The first kappa shape index (κ1) is 20.8. The summed E-state index contributed by atoms with van der Waals surface area (Å²) in [6.45, 7) is -0.0638. The molecule has 32 heavy (non-hydrogen) atoms. The van der Waals surface area contributed by atoms with Crippen molar-refractivity contribution in [2.24, 2.45) is 5.92 Å². The Morgan fingerprint density at radius 2 is 1.66 bits per heavy atom. The summed E-state index contributed by atoms with van der Waals surface area (Å²) in [6.07, 6.45) is -6.79. The van der Waals surface area contributed by atoms with Crippen molar-refractivity contribution in [2.45, 2.75) is 24.8 Å². The summed E-state index contributed by atoms with van der Waals surface area (Å²) in [6, 6.07) is 8.22. The van der Waals surface area contributed by atoms with Crippen LogP contribution in [0.1, 0.15) is 23.6 Å². The molecular weight excluding hydrogens is 436 g/mol. The van der Waals surface area contributed by atoms with Gasteiger partial charge in [0.25, 0.3) is 0 Å². The Balaban J connectivity index is 1.52. The second-order valence-electron chi connectivity index (χ2n) is 7.95. The molecule has 5 nitrogen and oxygen atoms in total. The van der Waals surface area contributed by atoms with Crippen molar-refractivity contribution in [3.05, 3.63) is 53.7 Å². The fraction of sp³-hybridized carbons (Fsp3) is 0.381. The van der Waals surface area contributed by atoms with Crippen LogP contribution in [0.3, 0.4) is 0 Å². The molecule has 2 saturated heterocycles. The summed E-state index contributed by atoms with van der Waals surface area (Å²) < 4.78 is 79.4. The number of aromatic nitrogens is 3. The quantitative estimate of drug-likeness (QED) is 0.523. The topological polar surface area (TPSA) is 45.2 Å². The van der Waals surface area contributed by atoms with Crippen LogP contribution in [0.2, 0.25) is 0 Å². The van der Waals surface area contributed by atoms with Gasteiger partial charge in [-0.1, -0.05) is 18.2 Å². The third-order valence-electron chi connectivity index (χ3n) is 5.98. The van der Waals surface area contributed by atoms with Gasteiger partial charge in [-0.05, 0) is 30.2 Å². The molecule has 2 aliphatic rings. The molecule has 1 atom stereocenters. The maximum atomic E-state index is 13.6. The average molecular weight is 453 g/mol. The lowest BCUT2D eigenvalue weighted by molar-refractivity contribution is -0.180. The average Bonchev–Trinajstić information content (AvgIpc) is 2.64.